The van der Waals surface area contributed by atoms with E-state index in [9.17, 15) is 19.2 Å². The average Bonchev–Trinajstić information content (AvgIpc) is 3.51. The van der Waals surface area contributed by atoms with Crippen molar-refractivity contribution in [3.63, 3.8) is 0 Å². The minimum absolute atomic E-state index is 0.219. The van der Waals surface area contributed by atoms with Crippen LogP contribution in [0, 0.1) is 6.92 Å². The van der Waals surface area contributed by atoms with E-state index in [1.165, 1.54) is 23.5 Å². The van der Waals surface area contributed by atoms with Crippen molar-refractivity contribution in [2.75, 3.05) is 30.2 Å². The van der Waals surface area contributed by atoms with Gasteiger partial charge in [0.1, 0.15) is 29.7 Å². The Balaban J connectivity index is 1.76. The number of aldehydes is 1. The summed E-state index contributed by atoms with van der Waals surface area (Å²) in [6, 6.07) is 8.20. The van der Waals surface area contributed by atoms with Crippen LogP contribution in [0.3, 0.4) is 0 Å². The molecule has 10 nitrogen and oxygen atoms in total. The smallest absolute Gasteiger partial charge is 0.244 e. The van der Waals surface area contributed by atoms with Crippen LogP contribution in [0.4, 0.5) is 5.82 Å². The van der Waals surface area contributed by atoms with E-state index in [1.54, 1.807) is 26.2 Å². The molecule has 1 fully saturated rings. The van der Waals surface area contributed by atoms with Crippen molar-refractivity contribution in [2.24, 2.45) is 0 Å². The molecular formula is C25H32N4O6S2. The number of rotatable bonds is 15. The van der Waals surface area contributed by atoms with Crippen molar-refractivity contribution in [2.45, 2.75) is 49.2 Å². The molecule has 0 spiro atoms. The van der Waals surface area contributed by atoms with Gasteiger partial charge in [-0.15, -0.1) is 0 Å². The molecule has 1 aliphatic rings. The lowest BCUT2D eigenvalue weighted by molar-refractivity contribution is -0.132. The molecule has 1 saturated heterocycles. The third-order valence-electron chi connectivity index (χ3n) is 5.93. The summed E-state index contributed by atoms with van der Waals surface area (Å²) >= 11 is 2.56. The number of thioether (sulfide) groups is 2. The zero-order chi connectivity index (χ0) is 27.0. The summed E-state index contributed by atoms with van der Waals surface area (Å²) in [6.45, 7) is 3.71. The number of Topliss-reactive ketones (excluding diaryl/α,β-unsaturated/α-hetero) is 1. The Morgan fingerprint density at radius 1 is 1.14 bits per heavy atom. The van der Waals surface area contributed by atoms with E-state index in [1.807, 2.05) is 36.6 Å². The predicted molar refractivity (Wildman–Crippen MR) is 144 cm³/mol. The van der Waals surface area contributed by atoms with Crippen molar-refractivity contribution in [3.05, 3.63) is 47.7 Å². The largest absolute Gasteiger partial charge is 0.361 e. The molecule has 5 unspecified atom stereocenters. The number of hydrogen-bond acceptors (Lipinski definition) is 10. The van der Waals surface area contributed by atoms with Crippen molar-refractivity contribution in [1.82, 2.24) is 15.8 Å². The molecular weight excluding hydrogens is 516 g/mol. The number of benzene rings is 1. The first-order chi connectivity index (χ1) is 17.7. The number of anilines is 1. The molecule has 0 aliphatic carbocycles. The second-order valence-corrected chi connectivity index (χ2v) is 10.9. The maximum atomic E-state index is 13.4. The van der Waals surface area contributed by atoms with Crippen molar-refractivity contribution in [1.29, 1.82) is 0 Å². The fourth-order valence-electron chi connectivity index (χ4n) is 3.72. The molecule has 0 bridgehead atoms. The molecule has 2 heterocycles. The van der Waals surface area contributed by atoms with Crippen LogP contribution in [0.5, 0.6) is 0 Å². The maximum absolute atomic E-state index is 13.4. The number of hydrogen-bond donors (Lipinski definition) is 3. The average molecular weight is 549 g/mol. The summed E-state index contributed by atoms with van der Waals surface area (Å²) in [5.41, 5.74) is -0.0394. The number of nitrogens with one attached hydrogen (secondary N) is 3. The summed E-state index contributed by atoms with van der Waals surface area (Å²) in [6.07, 6.45) is 4.48. The number of carbonyl (C=O) groups is 4. The summed E-state index contributed by atoms with van der Waals surface area (Å²) in [7, 11) is 0. The number of aryl methyl sites for hydroxylation is 1. The highest BCUT2D eigenvalue weighted by molar-refractivity contribution is 8.00. The van der Waals surface area contributed by atoms with Crippen molar-refractivity contribution in [3.8, 4) is 0 Å². The number of ether oxygens (including phenoxy) is 1. The lowest BCUT2D eigenvalue weighted by atomic mass is 9.94. The van der Waals surface area contributed by atoms with E-state index in [0.29, 0.717) is 30.9 Å². The standard InChI is InChI=1S/C25H32N4O6S2/c1-15-10-20(29-35-15)28-21(19(12-30)37-4)24(33)27-18(13-36-3)23(32)26-17(22(31)25(2)14-34-25)11-16-8-6-5-7-9-16/h5-10,12,17-19,21H,11,13-14H2,1-4H3,(H,26,32)(H,27,33)(H,28,29). The molecule has 37 heavy (non-hydrogen) atoms. The Kier molecular flexibility index (Phi) is 10.2. The van der Waals surface area contributed by atoms with E-state index < -0.39 is 40.8 Å². The SMILES string of the molecule is CSCC(NC(=O)C(Nc1cc(C)on1)C(C=O)SC)C(=O)NC(Cc1ccccc1)C(=O)C1(C)CO1. The molecule has 12 heteroatoms. The third kappa shape index (κ3) is 7.83. The van der Waals surface area contributed by atoms with Gasteiger partial charge in [0.25, 0.3) is 0 Å². The molecule has 2 aromatic rings. The highest BCUT2D eigenvalue weighted by Crippen LogP contribution is 2.29. The Labute approximate surface area is 224 Å². The Hall–Kier alpha value is -2.83. The Morgan fingerprint density at radius 3 is 2.35 bits per heavy atom. The molecule has 2 amide bonds. The van der Waals surface area contributed by atoms with Gasteiger partial charge in [0.05, 0.1) is 17.9 Å². The number of ketones is 1. The summed E-state index contributed by atoms with van der Waals surface area (Å²) in [5, 5.41) is 11.6. The second kappa shape index (κ2) is 13.1. The topological polar surface area (TPSA) is 143 Å². The van der Waals surface area contributed by atoms with Crippen LogP contribution >= 0.6 is 23.5 Å². The van der Waals surface area contributed by atoms with E-state index >= 15 is 0 Å². The Morgan fingerprint density at radius 2 is 1.81 bits per heavy atom. The van der Waals surface area contributed by atoms with Gasteiger partial charge in [-0.3, -0.25) is 14.4 Å². The number of epoxide rings is 1. The van der Waals surface area contributed by atoms with Gasteiger partial charge in [0.15, 0.2) is 11.6 Å². The first kappa shape index (κ1) is 28.7. The normalized spacial score (nSPS) is 19.7. The van der Waals surface area contributed by atoms with Gasteiger partial charge < -0.3 is 30.0 Å². The lowest BCUT2D eigenvalue weighted by Crippen LogP contribution is -2.58. The van der Waals surface area contributed by atoms with Crippen LogP contribution in [-0.2, 0) is 30.3 Å². The van der Waals surface area contributed by atoms with Gasteiger partial charge >= 0.3 is 0 Å². The number of nitrogens with zero attached hydrogens (tertiary/aromatic N) is 1. The number of carbonyl (C=O) groups excluding carboxylic acids is 4. The number of aromatic nitrogens is 1. The highest BCUT2D eigenvalue weighted by atomic mass is 32.2. The highest BCUT2D eigenvalue weighted by Gasteiger charge is 2.50. The minimum atomic E-state index is -1.00. The molecule has 5 atom stereocenters. The third-order valence-corrected chi connectivity index (χ3v) is 7.52. The van der Waals surface area contributed by atoms with Crippen LogP contribution in [0.25, 0.3) is 0 Å². The minimum Gasteiger partial charge on any atom is -0.361 e. The van der Waals surface area contributed by atoms with Crippen LogP contribution < -0.4 is 16.0 Å². The molecule has 0 radical (unpaired) electrons. The maximum Gasteiger partial charge on any atom is 0.244 e. The molecule has 200 valence electrons. The molecule has 1 aromatic heterocycles. The zero-order valence-corrected chi connectivity index (χ0v) is 22.8. The van der Waals surface area contributed by atoms with Gasteiger partial charge in [-0.05, 0) is 38.3 Å². The second-order valence-electron chi connectivity index (χ2n) is 8.93. The van der Waals surface area contributed by atoms with E-state index in [4.69, 9.17) is 9.26 Å². The van der Waals surface area contributed by atoms with Gasteiger partial charge in [-0.1, -0.05) is 35.5 Å². The van der Waals surface area contributed by atoms with Crippen molar-refractivity contribution >= 4 is 53.2 Å². The van der Waals surface area contributed by atoms with Gasteiger partial charge in [0, 0.05) is 11.8 Å². The van der Waals surface area contributed by atoms with Crippen LogP contribution in [0.15, 0.2) is 40.9 Å². The zero-order valence-electron chi connectivity index (χ0n) is 21.2. The lowest BCUT2D eigenvalue weighted by Gasteiger charge is -2.27. The van der Waals surface area contributed by atoms with Crippen molar-refractivity contribution < 1.29 is 28.4 Å². The van der Waals surface area contributed by atoms with E-state index in [0.717, 1.165) is 5.56 Å². The quantitative estimate of drug-likeness (QED) is 0.222. The first-order valence-corrected chi connectivity index (χ1v) is 14.4. The van der Waals surface area contributed by atoms with Crippen LogP contribution in [-0.4, -0.2) is 82.9 Å². The first-order valence-electron chi connectivity index (χ1n) is 11.7. The summed E-state index contributed by atoms with van der Waals surface area (Å²) < 4.78 is 10.4. The van der Waals surface area contributed by atoms with Crippen LogP contribution in [0.1, 0.15) is 18.2 Å². The van der Waals surface area contributed by atoms with E-state index in [2.05, 4.69) is 21.1 Å². The fraction of sp³-hybridized carbons (Fsp3) is 0.480. The summed E-state index contributed by atoms with van der Waals surface area (Å²) in [4.78, 5) is 51.5. The molecule has 1 aromatic carbocycles. The van der Waals surface area contributed by atoms with Crippen LogP contribution in [0.2, 0.25) is 0 Å². The molecule has 0 saturated carbocycles. The predicted octanol–water partition coefficient (Wildman–Crippen LogP) is 1.63. The van der Waals surface area contributed by atoms with Gasteiger partial charge in [-0.25, -0.2) is 0 Å². The summed E-state index contributed by atoms with van der Waals surface area (Å²) in [5.74, 6) is -0.165. The monoisotopic (exact) mass is 548 g/mol. The number of amides is 2. The van der Waals surface area contributed by atoms with E-state index in [-0.39, 0.29) is 11.5 Å². The Bertz CT molecular complexity index is 1090. The fourth-order valence-corrected chi connectivity index (χ4v) is 4.87. The van der Waals surface area contributed by atoms with Gasteiger partial charge in [0.2, 0.25) is 11.8 Å². The molecule has 3 rings (SSSR count). The van der Waals surface area contributed by atoms with Gasteiger partial charge in [-0.2, -0.15) is 23.5 Å². The molecule has 1 aliphatic heterocycles. The molecule has 3 N–H and O–H groups in total.